The van der Waals surface area contributed by atoms with Crippen molar-refractivity contribution in [3.05, 3.63) is 12.7 Å². The standard InChI is InChI=1S/C21H30N2O6/c1-2-10-22(13-6-4-3-5-7-13)19(26)17-21-9-8-14(29-21)15(20(27)28)16(21)18(25)23(17)11-12-24/h2,13-17,24H,1,3-12H2,(H,27,28)/t14-,15+,16+,17?,21?/m1/s1. The molecule has 4 aliphatic rings. The van der Waals surface area contributed by atoms with Gasteiger partial charge in [-0.05, 0) is 25.7 Å². The number of aliphatic hydroxyl groups excluding tert-OH is 1. The van der Waals surface area contributed by atoms with Crippen molar-refractivity contribution in [2.24, 2.45) is 11.8 Å². The van der Waals surface area contributed by atoms with Gasteiger partial charge in [0.25, 0.3) is 0 Å². The lowest BCUT2D eigenvalue weighted by Crippen LogP contribution is -2.58. The molecule has 3 heterocycles. The highest BCUT2D eigenvalue weighted by Crippen LogP contribution is 2.58. The number of carboxylic acid groups (broad SMARTS) is 1. The van der Waals surface area contributed by atoms with Gasteiger partial charge in [-0.15, -0.1) is 6.58 Å². The van der Waals surface area contributed by atoms with Gasteiger partial charge in [0.05, 0.1) is 24.5 Å². The second kappa shape index (κ2) is 7.72. The number of rotatable bonds is 7. The van der Waals surface area contributed by atoms with E-state index in [9.17, 15) is 24.6 Å². The first-order valence-corrected chi connectivity index (χ1v) is 10.7. The molecule has 0 aromatic carbocycles. The quantitative estimate of drug-likeness (QED) is 0.605. The lowest BCUT2D eigenvalue weighted by Gasteiger charge is -2.40. The van der Waals surface area contributed by atoms with Gasteiger partial charge in [0.15, 0.2) is 0 Å². The first kappa shape index (κ1) is 20.3. The maximum absolute atomic E-state index is 13.8. The molecular formula is C21H30N2O6. The Hall–Kier alpha value is -1.93. The Kier molecular flexibility index (Phi) is 5.42. The average molecular weight is 406 g/mol. The minimum absolute atomic E-state index is 0.000448. The van der Waals surface area contributed by atoms with Crippen LogP contribution in [0.3, 0.4) is 0 Å². The van der Waals surface area contributed by atoms with Crippen LogP contribution in [0.4, 0.5) is 0 Å². The number of fused-ring (bicyclic) bond motifs is 1. The molecule has 2 N–H and O–H groups in total. The van der Waals surface area contributed by atoms with Gasteiger partial charge in [-0.2, -0.15) is 0 Å². The Labute approximate surface area is 170 Å². The summed E-state index contributed by atoms with van der Waals surface area (Å²) >= 11 is 0. The van der Waals surface area contributed by atoms with Crippen LogP contribution in [0.15, 0.2) is 12.7 Å². The summed E-state index contributed by atoms with van der Waals surface area (Å²) in [5.41, 5.74) is -1.11. The lowest BCUT2D eigenvalue weighted by atomic mass is 9.70. The highest BCUT2D eigenvalue weighted by atomic mass is 16.5. The highest BCUT2D eigenvalue weighted by molar-refractivity contribution is 5.98. The molecule has 0 aromatic heterocycles. The fourth-order valence-electron chi connectivity index (χ4n) is 6.17. The van der Waals surface area contributed by atoms with Gasteiger partial charge in [-0.3, -0.25) is 14.4 Å². The molecule has 1 aliphatic carbocycles. The summed E-state index contributed by atoms with van der Waals surface area (Å²) < 4.78 is 6.16. The third-order valence-electron chi connectivity index (χ3n) is 7.28. The van der Waals surface area contributed by atoms with Gasteiger partial charge in [-0.1, -0.05) is 25.3 Å². The summed E-state index contributed by atoms with van der Waals surface area (Å²) in [5.74, 6) is -3.43. The zero-order chi connectivity index (χ0) is 20.8. The van der Waals surface area contributed by atoms with Crippen molar-refractivity contribution in [3.8, 4) is 0 Å². The number of likely N-dealkylation sites (tertiary alicyclic amines) is 1. The molecule has 2 amide bonds. The van der Waals surface area contributed by atoms with Gasteiger partial charge in [0.2, 0.25) is 11.8 Å². The smallest absolute Gasteiger partial charge is 0.310 e. The van der Waals surface area contributed by atoms with Crippen LogP contribution >= 0.6 is 0 Å². The van der Waals surface area contributed by atoms with Gasteiger partial charge < -0.3 is 24.7 Å². The summed E-state index contributed by atoms with van der Waals surface area (Å²) in [4.78, 5) is 42.1. The number of carbonyl (C=O) groups excluding carboxylic acids is 2. The van der Waals surface area contributed by atoms with E-state index in [2.05, 4.69) is 6.58 Å². The molecule has 29 heavy (non-hydrogen) atoms. The van der Waals surface area contributed by atoms with E-state index in [-0.39, 0.29) is 31.0 Å². The molecule has 8 heteroatoms. The Morgan fingerprint density at radius 3 is 2.62 bits per heavy atom. The van der Waals surface area contributed by atoms with E-state index in [1.807, 2.05) is 0 Å². The molecule has 1 saturated carbocycles. The molecule has 0 aromatic rings. The number of aliphatic carboxylic acids is 1. The predicted molar refractivity (Wildman–Crippen MR) is 103 cm³/mol. The van der Waals surface area contributed by atoms with E-state index >= 15 is 0 Å². The molecule has 2 unspecified atom stereocenters. The van der Waals surface area contributed by atoms with Crippen molar-refractivity contribution >= 4 is 17.8 Å². The fraction of sp³-hybridized carbons (Fsp3) is 0.762. The number of hydrogen-bond donors (Lipinski definition) is 2. The van der Waals surface area contributed by atoms with Crippen molar-refractivity contribution in [1.29, 1.82) is 0 Å². The zero-order valence-corrected chi connectivity index (χ0v) is 16.7. The third-order valence-corrected chi connectivity index (χ3v) is 7.28. The molecule has 3 aliphatic heterocycles. The van der Waals surface area contributed by atoms with Crippen LogP contribution in [0.1, 0.15) is 44.9 Å². The molecule has 160 valence electrons. The summed E-state index contributed by atoms with van der Waals surface area (Å²) in [7, 11) is 0. The summed E-state index contributed by atoms with van der Waals surface area (Å²) in [6, 6.07) is -0.798. The second-order valence-corrected chi connectivity index (χ2v) is 8.72. The SMILES string of the molecule is C=CCN(C(=O)C1N(CCO)C(=O)[C@@H]2[C@@H](C(=O)O)[C@H]3CCC12O3)C1CCCCC1. The summed E-state index contributed by atoms with van der Waals surface area (Å²) in [5, 5.41) is 19.3. The van der Waals surface area contributed by atoms with Gasteiger partial charge in [0.1, 0.15) is 11.6 Å². The van der Waals surface area contributed by atoms with E-state index in [0.29, 0.717) is 19.4 Å². The molecule has 5 atom stereocenters. The number of hydrogen-bond acceptors (Lipinski definition) is 5. The van der Waals surface area contributed by atoms with E-state index in [1.165, 1.54) is 4.90 Å². The monoisotopic (exact) mass is 406 g/mol. The van der Waals surface area contributed by atoms with Crippen LogP contribution in [0, 0.1) is 11.8 Å². The number of aliphatic hydroxyl groups is 1. The van der Waals surface area contributed by atoms with Crippen molar-refractivity contribution < 1.29 is 29.3 Å². The molecule has 2 bridgehead atoms. The molecule has 4 rings (SSSR count). The largest absolute Gasteiger partial charge is 0.481 e. The molecule has 0 radical (unpaired) electrons. The number of nitrogens with zero attached hydrogens (tertiary/aromatic N) is 2. The molecule has 3 saturated heterocycles. The zero-order valence-electron chi connectivity index (χ0n) is 16.7. The van der Waals surface area contributed by atoms with Crippen molar-refractivity contribution in [1.82, 2.24) is 9.80 Å². The van der Waals surface area contributed by atoms with Gasteiger partial charge in [0, 0.05) is 19.1 Å². The first-order chi connectivity index (χ1) is 14.0. The Morgan fingerprint density at radius 1 is 1.28 bits per heavy atom. The summed E-state index contributed by atoms with van der Waals surface area (Å²) in [6.45, 7) is 3.89. The maximum Gasteiger partial charge on any atom is 0.310 e. The van der Waals surface area contributed by atoms with Crippen molar-refractivity contribution in [2.75, 3.05) is 19.7 Å². The molecule has 1 spiro atoms. The van der Waals surface area contributed by atoms with Crippen molar-refractivity contribution in [3.63, 3.8) is 0 Å². The van der Waals surface area contributed by atoms with Crippen LogP contribution in [0.25, 0.3) is 0 Å². The Morgan fingerprint density at radius 2 is 2.00 bits per heavy atom. The van der Waals surface area contributed by atoms with Crippen LogP contribution in [0.2, 0.25) is 0 Å². The third kappa shape index (κ3) is 2.99. The predicted octanol–water partition coefficient (Wildman–Crippen LogP) is 0.785. The van der Waals surface area contributed by atoms with E-state index < -0.39 is 35.6 Å². The van der Waals surface area contributed by atoms with E-state index in [4.69, 9.17) is 4.74 Å². The van der Waals surface area contributed by atoms with Crippen LogP contribution in [-0.2, 0) is 19.1 Å². The molecular weight excluding hydrogens is 376 g/mol. The van der Waals surface area contributed by atoms with Crippen LogP contribution in [-0.4, -0.2) is 81.3 Å². The Bertz CT molecular complexity index is 705. The van der Waals surface area contributed by atoms with E-state index in [0.717, 1.165) is 32.1 Å². The first-order valence-electron chi connectivity index (χ1n) is 10.7. The van der Waals surface area contributed by atoms with Gasteiger partial charge >= 0.3 is 5.97 Å². The molecule has 4 fully saturated rings. The number of carbonyl (C=O) groups is 3. The van der Waals surface area contributed by atoms with Crippen LogP contribution in [0.5, 0.6) is 0 Å². The maximum atomic E-state index is 13.8. The molecule has 8 nitrogen and oxygen atoms in total. The number of carboxylic acids is 1. The lowest BCUT2D eigenvalue weighted by molar-refractivity contribution is -0.152. The number of amides is 2. The minimum Gasteiger partial charge on any atom is -0.481 e. The van der Waals surface area contributed by atoms with Crippen molar-refractivity contribution in [2.45, 2.75) is 68.7 Å². The topological polar surface area (TPSA) is 107 Å². The highest BCUT2D eigenvalue weighted by Gasteiger charge is 2.74. The van der Waals surface area contributed by atoms with Gasteiger partial charge in [-0.25, -0.2) is 0 Å². The fourth-order valence-corrected chi connectivity index (χ4v) is 6.17. The normalized spacial score (nSPS) is 36.3. The minimum atomic E-state index is -1.11. The van der Waals surface area contributed by atoms with E-state index in [1.54, 1.807) is 11.0 Å². The average Bonchev–Trinajstić information content (AvgIpc) is 3.35. The van der Waals surface area contributed by atoms with Crippen LogP contribution < -0.4 is 0 Å². The Balaban J connectivity index is 1.71. The number of β-amino-alcohol motifs (C(OH)–C–C–N with tert-alkyl or cyclic N) is 1. The number of ether oxygens (including phenoxy) is 1. The summed E-state index contributed by atoms with van der Waals surface area (Å²) in [6.07, 6.45) is 7.28. The second-order valence-electron chi connectivity index (χ2n) is 8.72.